The molecule has 0 radical (unpaired) electrons. The number of aliphatic imine (C=N–C) groups is 2. The third kappa shape index (κ3) is 16.7. The first-order chi connectivity index (χ1) is 12.7. The summed E-state index contributed by atoms with van der Waals surface area (Å²) >= 11 is 0. The van der Waals surface area contributed by atoms with Crippen LogP contribution in [0.4, 0.5) is 0 Å². The first kappa shape index (κ1) is 25.8. The molecule has 0 saturated carbocycles. The second-order valence-corrected chi connectivity index (χ2v) is 8.18. The Hall–Kier alpha value is -1.23. The van der Waals surface area contributed by atoms with Crippen LogP contribution < -0.4 is 0 Å². The van der Waals surface area contributed by atoms with Crippen LogP contribution in [0.15, 0.2) is 9.98 Å². The number of hydrogen-bond donors (Lipinski definition) is 0. The van der Waals surface area contributed by atoms with E-state index in [0.29, 0.717) is 24.9 Å². The van der Waals surface area contributed by atoms with Crippen molar-refractivity contribution in [2.45, 2.75) is 74.1 Å². The highest BCUT2D eigenvalue weighted by atomic mass is 16.5. The fourth-order valence-electron chi connectivity index (χ4n) is 3.09. The molecule has 0 aromatic rings. The molecule has 27 heavy (non-hydrogen) atoms. The number of carbonyl (C=O) groups excluding carboxylic acids is 1. The Morgan fingerprint density at radius 3 is 1.78 bits per heavy atom. The van der Waals surface area contributed by atoms with Gasteiger partial charge in [0.25, 0.3) is 0 Å². The van der Waals surface area contributed by atoms with E-state index in [9.17, 15) is 4.79 Å². The van der Waals surface area contributed by atoms with Crippen molar-refractivity contribution in [1.82, 2.24) is 4.90 Å². The van der Waals surface area contributed by atoms with Gasteiger partial charge >= 0.3 is 5.97 Å². The van der Waals surface area contributed by atoms with Crippen molar-refractivity contribution in [2.75, 3.05) is 39.3 Å². The maximum Gasteiger partial charge on any atom is 0.305 e. The van der Waals surface area contributed by atoms with Gasteiger partial charge in [0.1, 0.15) is 0 Å². The van der Waals surface area contributed by atoms with Crippen LogP contribution in [0, 0.1) is 11.8 Å². The summed E-state index contributed by atoms with van der Waals surface area (Å²) in [5.74, 6) is 1.19. The standard InChI is InChI=1S/C22H43N3O2/c1-8-27-22(26)10-9-13-25(14-11-23-20(6)16-18(2)3)15-12-24-21(7)17-19(4)5/h18-19H,8-17H2,1-7H3/b23-20+,24-21+. The molecule has 0 rings (SSSR count). The van der Waals surface area contributed by atoms with Crippen LogP contribution >= 0.6 is 0 Å². The second-order valence-electron chi connectivity index (χ2n) is 8.18. The van der Waals surface area contributed by atoms with Gasteiger partial charge < -0.3 is 4.74 Å². The normalized spacial score (nSPS) is 13.1. The van der Waals surface area contributed by atoms with Crippen LogP contribution in [-0.2, 0) is 9.53 Å². The van der Waals surface area contributed by atoms with Crippen molar-refractivity contribution in [2.24, 2.45) is 21.8 Å². The van der Waals surface area contributed by atoms with Gasteiger partial charge in [-0.25, -0.2) is 0 Å². The highest BCUT2D eigenvalue weighted by molar-refractivity contribution is 5.82. The van der Waals surface area contributed by atoms with Crippen LogP contribution in [-0.4, -0.2) is 61.6 Å². The zero-order valence-corrected chi connectivity index (χ0v) is 18.9. The van der Waals surface area contributed by atoms with E-state index in [2.05, 4.69) is 46.4 Å². The number of nitrogens with zero attached hydrogens (tertiary/aromatic N) is 3. The van der Waals surface area contributed by atoms with E-state index < -0.39 is 0 Å². The molecule has 0 spiro atoms. The zero-order valence-electron chi connectivity index (χ0n) is 18.9. The molecule has 0 aliphatic heterocycles. The van der Waals surface area contributed by atoms with Crippen molar-refractivity contribution in [3.8, 4) is 0 Å². The van der Waals surface area contributed by atoms with E-state index in [1.165, 1.54) is 11.4 Å². The van der Waals surface area contributed by atoms with Crippen LogP contribution in [0.5, 0.6) is 0 Å². The topological polar surface area (TPSA) is 54.3 Å². The van der Waals surface area contributed by atoms with E-state index in [-0.39, 0.29) is 5.97 Å². The summed E-state index contributed by atoms with van der Waals surface area (Å²) in [7, 11) is 0. The summed E-state index contributed by atoms with van der Waals surface area (Å²) in [4.78, 5) is 23.3. The molecule has 0 atom stereocenters. The fourth-order valence-corrected chi connectivity index (χ4v) is 3.09. The third-order valence-electron chi connectivity index (χ3n) is 4.16. The first-order valence-corrected chi connectivity index (χ1v) is 10.6. The van der Waals surface area contributed by atoms with Gasteiger partial charge in [0.05, 0.1) is 19.7 Å². The van der Waals surface area contributed by atoms with Crippen molar-refractivity contribution in [3.63, 3.8) is 0 Å². The van der Waals surface area contributed by atoms with Crippen molar-refractivity contribution in [3.05, 3.63) is 0 Å². The molecule has 0 fully saturated rings. The molecular weight excluding hydrogens is 338 g/mol. The summed E-state index contributed by atoms with van der Waals surface area (Å²) < 4.78 is 5.02. The molecule has 0 unspecified atom stereocenters. The molecule has 0 heterocycles. The molecule has 0 amide bonds. The highest BCUT2D eigenvalue weighted by Crippen LogP contribution is 2.04. The summed E-state index contributed by atoms with van der Waals surface area (Å²) in [6, 6.07) is 0. The third-order valence-corrected chi connectivity index (χ3v) is 4.16. The van der Waals surface area contributed by atoms with Crippen LogP contribution in [0.1, 0.15) is 74.1 Å². The van der Waals surface area contributed by atoms with Gasteiger partial charge in [-0.3, -0.25) is 19.7 Å². The van der Waals surface area contributed by atoms with E-state index >= 15 is 0 Å². The largest absolute Gasteiger partial charge is 0.466 e. The summed E-state index contributed by atoms with van der Waals surface area (Å²) in [6.07, 6.45) is 3.42. The van der Waals surface area contributed by atoms with Crippen LogP contribution in [0.3, 0.4) is 0 Å². The fraction of sp³-hybridized carbons (Fsp3) is 0.864. The Labute approximate surface area is 167 Å². The van der Waals surface area contributed by atoms with E-state index in [0.717, 1.165) is 52.0 Å². The van der Waals surface area contributed by atoms with Crippen molar-refractivity contribution in [1.29, 1.82) is 0 Å². The Morgan fingerprint density at radius 2 is 1.37 bits per heavy atom. The van der Waals surface area contributed by atoms with Gasteiger partial charge in [0, 0.05) is 30.9 Å². The average molecular weight is 382 g/mol. The van der Waals surface area contributed by atoms with Crippen molar-refractivity contribution >= 4 is 17.4 Å². The minimum absolute atomic E-state index is 0.103. The number of rotatable bonds is 15. The van der Waals surface area contributed by atoms with Gasteiger partial charge in [-0.2, -0.15) is 0 Å². The molecule has 0 N–H and O–H groups in total. The Morgan fingerprint density at radius 1 is 0.889 bits per heavy atom. The molecular formula is C22H43N3O2. The molecule has 0 aliphatic carbocycles. The van der Waals surface area contributed by atoms with Gasteiger partial charge in [0.15, 0.2) is 0 Å². The molecule has 158 valence electrons. The maximum atomic E-state index is 11.6. The number of carbonyl (C=O) groups is 1. The lowest BCUT2D eigenvalue weighted by molar-refractivity contribution is -0.143. The lowest BCUT2D eigenvalue weighted by Crippen LogP contribution is -2.31. The summed E-state index contributed by atoms with van der Waals surface area (Å²) in [5.41, 5.74) is 2.45. The van der Waals surface area contributed by atoms with E-state index in [1.807, 2.05) is 6.92 Å². The zero-order chi connectivity index (χ0) is 20.7. The van der Waals surface area contributed by atoms with Crippen molar-refractivity contribution < 1.29 is 9.53 Å². The highest BCUT2D eigenvalue weighted by Gasteiger charge is 2.08. The summed E-state index contributed by atoms with van der Waals surface area (Å²) in [5, 5.41) is 0. The molecule has 0 bridgehead atoms. The van der Waals surface area contributed by atoms with Crippen LogP contribution in [0.2, 0.25) is 0 Å². The number of ether oxygens (including phenoxy) is 1. The van der Waals surface area contributed by atoms with Gasteiger partial charge in [-0.15, -0.1) is 0 Å². The van der Waals surface area contributed by atoms with Gasteiger partial charge in [-0.05, 0) is 58.4 Å². The van der Waals surface area contributed by atoms with Crippen LogP contribution in [0.25, 0.3) is 0 Å². The SMILES string of the molecule is CCOC(=O)CCCN(CC/N=C(\C)CC(C)C)CC/N=C(\C)CC(C)C. The maximum absolute atomic E-state index is 11.6. The Bertz CT molecular complexity index is 426. The quantitative estimate of drug-likeness (QED) is 0.306. The summed E-state index contributed by atoms with van der Waals surface area (Å²) in [6.45, 7) is 19.8. The molecule has 0 aromatic heterocycles. The minimum atomic E-state index is -0.103. The lowest BCUT2D eigenvalue weighted by Gasteiger charge is -2.21. The van der Waals surface area contributed by atoms with E-state index in [1.54, 1.807) is 0 Å². The minimum Gasteiger partial charge on any atom is -0.466 e. The monoisotopic (exact) mass is 381 g/mol. The molecule has 5 nitrogen and oxygen atoms in total. The smallest absolute Gasteiger partial charge is 0.305 e. The molecule has 0 saturated heterocycles. The molecule has 0 aromatic carbocycles. The average Bonchev–Trinajstić information content (AvgIpc) is 2.53. The molecule has 5 heteroatoms. The predicted molar refractivity (Wildman–Crippen MR) is 117 cm³/mol. The second kappa shape index (κ2) is 15.8. The number of esters is 1. The Balaban J connectivity index is 4.49. The van der Waals surface area contributed by atoms with E-state index in [4.69, 9.17) is 14.7 Å². The van der Waals surface area contributed by atoms with Gasteiger partial charge in [0.2, 0.25) is 0 Å². The first-order valence-electron chi connectivity index (χ1n) is 10.6. The number of hydrogen-bond acceptors (Lipinski definition) is 5. The van der Waals surface area contributed by atoms with Gasteiger partial charge in [-0.1, -0.05) is 27.7 Å². The predicted octanol–water partition coefficient (Wildman–Crippen LogP) is 4.65. The lowest BCUT2D eigenvalue weighted by atomic mass is 10.1. The Kier molecular flexibility index (Phi) is 15.1. The molecule has 0 aliphatic rings.